The summed E-state index contributed by atoms with van der Waals surface area (Å²) in [6.45, 7) is 1.78. The first-order chi connectivity index (χ1) is 10.0. The molecule has 5 nitrogen and oxygen atoms in total. The molecule has 1 aromatic rings. The Morgan fingerprint density at radius 3 is 1.91 bits per heavy atom. The molecule has 1 atom stereocenters. The molecule has 0 aliphatic heterocycles. The molecule has 0 amide bonds. The van der Waals surface area contributed by atoms with Crippen LogP contribution < -0.4 is 13.1 Å². The van der Waals surface area contributed by atoms with E-state index in [2.05, 4.69) is 14.8 Å². The fourth-order valence-electron chi connectivity index (χ4n) is 2.18. The smallest absolute Gasteiger partial charge is 0 e. The Morgan fingerprint density at radius 2 is 1.57 bits per heavy atom. The van der Waals surface area contributed by atoms with Gasteiger partial charge in [-0.2, -0.15) is 0 Å². The molecular formula is C14H18B2NO4SnY-. The van der Waals surface area contributed by atoms with E-state index in [4.69, 9.17) is 30.9 Å². The zero-order valence-electron chi connectivity index (χ0n) is 13.8. The predicted octanol–water partition coefficient (Wildman–Crippen LogP) is 2.55. The first kappa shape index (κ1) is 23.2. The Bertz CT molecular complexity index is 591. The summed E-state index contributed by atoms with van der Waals surface area (Å²) in [5.74, 6) is -1.88. The number of hydrogen-bond donors (Lipinski definition) is 0. The van der Waals surface area contributed by atoms with Crippen LogP contribution in [0.4, 0.5) is 9.59 Å². The SMILES string of the molecule is [B]C(=O)Oc1cc(CC(C)[NH-])[c]([Sn]([CH3])([CH3])[CH3])cc1OC([B])=O.[Y]. The molecule has 0 saturated heterocycles. The van der Waals surface area contributed by atoms with E-state index in [1.807, 2.05) is 0 Å². The van der Waals surface area contributed by atoms with Crippen molar-refractivity contribution in [3.8, 4) is 11.5 Å². The Labute approximate surface area is 169 Å². The second kappa shape index (κ2) is 9.59. The van der Waals surface area contributed by atoms with E-state index < -0.39 is 30.1 Å². The van der Waals surface area contributed by atoms with Crippen molar-refractivity contribution in [1.29, 1.82) is 0 Å². The van der Waals surface area contributed by atoms with Crippen LogP contribution in [0.3, 0.4) is 0 Å². The Balaban J connectivity index is 0.00000484. The third-order valence-electron chi connectivity index (χ3n) is 2.92. The van der Waals surface area contributed by atoms with E-state index in [1.165, 1.54) is 0 Å². The molecule has 0 fully saturated rings. The first-order valence-electron chi connectivity index (χ1n) is 6.83. The third kappa shape index (κ3) is 7.71. The fourth-order valence-corrected chi connectivity index (χ4v) is 7.03. The van der Waals surface area contributed by atoms with E-state index in [9.17, 15) is 9.59 Å². The molecule has 0 aliphatic carbocycles. The van der Waals surface area contributed by atoms with Crippen molar-refractivity contribution >= 4 is 49.4 Å². The molecule has 1 unspecified atom stereocenters. The maximum absolute atomic E-state index is 11.0. The van der Waals surface area contributed by atoms with Crippen LogP contribution in [0, 0.1) is 0 Å². The van der Waals surface area contributed by atoms with E-state index in [1.54, 1.807) is 19.1 Å². The summed E-state index contributed by atoms with van der Waals surface area (Å²) in [5, 5.41) is 0. The number of benzene rings is 1. The van der Waals surface area contributed by atoms with Gasteiger partial charge < -0.3 is 0 Å². The predicted molar refractivity (Wildman–Crippen MR) is 90.5 cm³/mol. The summed E-state index contributed by atoms with van der Waals surface area (Å²) < 4.78 is 10.9. The molecule has 1 N–H and O–H groups in total. The van der Waals surface area contributed by atoms with E-state index in [0.717, 1.165) is 9.14 Å². The summed E-state index contributed by atoms with van der Waals surface area (Å²) in [7, 11) is 10.1. The van der Waals surface area contributed by atoms with Crippen LogP contribution in [-0.4, -0.2) is 51.8 Å². The molecule has 1 aromatic carbocycles. The van der Waals surface area contributed by atoms with Gasteiger partial charge in [0.05, 0.1) is 0 Å². The molecule has 0 aromatic heterocycles. The van der Waals surface area contributed by atoms with Crippen LogP contribution in [0.1, 0.15) is 12.5 Å². The Kier molecular flexibility index (Phi) is 9.65. The normalized spacial score (nSPS) is 12.0. The van der Waals surface area contributed by atoms with Gasteiger partial charge in [-0.1, -0.05) is 0 Å². The molecule has 5 radical (unpaired) electrons. The minimum atomic E-state index is -2.55. The van der Waals surface area contributed by atoms with Gasteiger partial charge in [-0.15, -0.1) is 0 Å². The minimum absolute atomic E-state index is 0. The summed E-state index contributed by atoms with van der Waals surface area (Å²) in [4.78, 5) is 28.7. The van der Waals surface area contributed by atoms with Gasteiger partial charge in [0.25, 0.3) is 0 Å². The summed E-state index contributed by atoms with van der Waals surface area (Å²) >= 11 is -2.55. The van der Waals surface area contributed by atoms with Crippen molar-refractivity contribution in [2.45, 2.75) is 34.2 Å². The maximum Gasteiger partial charge on any atom is 0 e. The fraction of sp³-hybridized carbons (Fsp3) is 0.429. The first-order valence-corrected chi connectivity index (χ1v) is 16.8. The monoisotopic (exact) mass is 495 g/mol. The van der Waals surface area contributed by atoms with Gasteiger partial charge in [-0.05, 0) is 0 Å². The number of rotatable bonds is 5. The maximum atomic E-state index is 11.0. The van der Waals surface area contributed by atoms with Crippen molar-refractivity contribution in [3.63, 3.8) is 0 Å². The van der Waals surface area contributed by atoms with Crippen LogP contribution in [0.5, 0.6) is 11.5 Å². The van der Waals surface area contributed by atoms with Crippen molar-refractivity contribution < 1.29 is 51.8 Å². The van der Waals surface area contributed by atoms with Gasteiger partial charge in [0.15, 0.2) is 0 Å². The van der Waals surface area contributed by atoms with Crippen LogP contribution in [-0.2, 0) is 39.1 Å². The van der Waals surface area contributed by atoms with E-state index in [-0.39, 0.29) is 50.3 Å². The average Bonchev–Trinajstić information content (AvgIpc) is 2.28. The molecule has 23 heavy (non-hydrogen) atoms. The summed E-state index contributed by atoms with van der Waals surface area (Å²) in [6, 6.07) is 3.00. The van der Waals surface area contributed by atoms with Crippen LogP contribution in [0.15, 0.2) is 12.1 Å². The van der Waals surface area contributed by atoms with Crippen LogP contribution in [0.2, 0.25) is 14.8 Å². The topological polar surface area (TPSA) is 76.4 Å². The number of ether oxygens (including phenoxy) is 2. The quantitative estimate of drug-likeness (QED) is 0.591. The Morgan fingerprint density at radius 1 is 1.13 bits per heavy atom. The molecule has 0 aliphatic rings. The molecule has 1 rings (SSSR count). The summed E-state index contributed by atoms with van der Waals surface area (Å²) in [6.07, 6.45) is 0.509. The molecule has 0 spiro atoms. The van der Waals surface area contributed by atoms with Gasteiger partial charge in [-0.3, -0.25) is 0 Å². The second-order valence-electron chi connectivity index (χ2n) is 6.15. The third-order valence-corrected chi connectivity index (χ3v) is 8.87. The number of hydrogen-bond acceptors (Lipinski definition) is 4. The molecule has 9 heteroatoms. The van der Waals surface area contributed by atoms with Crippen LogP contribution >= 0.6 is 0 Å². The Hall–Kier alpha value is 0.152. The van der Waals surface area contributed by atoms with Gasteiger partial charge in [0, 0.05) is 32.7 Å². The number of carbonyl (C=O) groups excluding carboxylic acids is 2. The van der Waals surface area contributed by atoms with E-state index >= 15 is 0 Å². The number of nitrogens with one attached hydrogen (secondary N) is 1. The zero-order chi connectivity index (χ0) is 17.1. The standard InChI is InChI=1S/C11H9B2NO4.3CH3.Sn.Y/c1-6(14)4-7-2-3-8(17-10(12)15)9(5-7)18-11(13)16;;;;;/h3,5-6,14H,4H2,1H3;3*1H3;;/q-1;;;;;. The number of carbonyl (C=O) groups is 2. The van der Waals surface area contributed by atoms with E-state index in [0.29, 0.717) is 6.42 Å². The zero-order valence-corrected chi connectivity index (χ0v) is 19.5. The van der Waals surface area contributed by atoms with Gasteiger partial charge in [0.1, 0.15) is 0 Å². The summed E-state index contributed by atoms with van der Waals surface area (Å²) in [5.41, 5.74) is 8.70. The van der Waals surface area contributed by atoms with Crippen molar-refractivity contribution in [1.82, 2.24) is 0 Å². The van der Waals surface area contributed by atoms with Gasteiger partial charge in [-0.25, -0.2) is 0 Å². The van der Waals surface area contributed by atoms with Gasteiger partial charge in [0.2, 0.25) is 0 Å². The molecule has 0 heterocycles. The average molecular weight is 494 g/mol. The van der Waals surface area contributed by atoms with Crippen molar-refractivity contribution in [2.75, 3.05) is 0 Å². The molecule has 117 valence electrons. The molecule has 0 saturated carbocycles. The molecule has 0 bridgehead atoms. The van der Waals surface area contributed by atoms with Crippen LogP contribution in [0.25, 0.3) is 5.73 Å². The molecular weight excluding hydrogens is 475 g/mol. The minimum Gasteiger partial charge on any atom is 0 e. The largest absolute Gasteiger partial charge is 0 e. The van der Waals surface area contributed by atoms with Gasteiger partial charge >= 0.3 is 138 Å². The van der Waals surface area contributed by atoms with Crippen molar-refractivity contribution in [2.24, 2.45) is 0 Å². The van der Waals surface area contributed by atoms with Crippen molar-refractivity contribution in [3.05, 3.63) is 23.4 Å². The second-order valence-corrected chi connectivity index (χ2v) is 20.5.